The molecule has 3 rings (SSSR count). The number of nitrogens with zero attached hydrogens (tertiary/aromatic N) is 1. The van der Waals surface area contributed by atoms with E-state index in [9.17, 15) is 4.79 Å². The van der Waals surface area contributed by atoms with E-state index in [1.165, 1.54) is 0 Å². The lowest BCUT2D eigenvalue weighted by molar-refractivity contribution is 0.247. The maximum Gasteiger partial charge on any atom is 0.189 e. The number of ether oxygens (including phenoxy) is 1. The second-order valence-corrected chi connectivity index (χ2v) is 3.90. The third-order valence-corrected chi connectivity index (χ3v) is 2.86. The molecule has 1 aromatic carbocycles. The molecule has 0 aliphatic carbocycles. The van der Waals surface area contributed by atoms with E-state index in [0.717, 1.165) is 16.7 Å². The van der Waals surface area contributed by atoms with Crippen LogP contribution in [0.1, 0.15) is 13.0 Å². The third-order valence-electron chi connectivity index (χ3n) is 2.86. The Hall–Kier alpha value is -1.77. The van der Waals surface area contributed by atoms with Gasteiger partial charge in [0.25, 0.3) is 0 Å². The van der Waals surface area contributed by atoms with E-state index in [4.69, 9.17) is 4.74 Å². The standard InChI is InChI=1S/C12H11NO2/c1-8-7-15-11-4-2-3-9-10(14)5-6-13(8)12(9)11/h2-6,8H,7H2,1H3/t8-/m0/s1. The van der Waals surface area contributed by atoms with Gasteiger partial charge in [0.2, 0.25) is 0 Å². The third kappa shape index (κ3) is 1.09. The van der Waals surface area contributed by atoms with Crippen molar-refractivity contribution in [2.45, 2.75) is 13.0 Å². The van der Waals surface area contributed by atoms with Crippen LogP contribution in [0.4, 0.5) is 0 Å². The number of hydrogen-bond donors (Lipinski definition) is 0. The molecule has 2 heterocycles. The van der Waals surface area contributed by atoms with Gasteiger partial charge < -0.3 is 9.30 Å². The number of rotatable bonds is 0. The monoisotopic (exact) mass is 201 g/mol. The van der Waals surface area contributed by atoms with Gasteiger partial charge in [0.15, 0.2) is 5.43 Å². The van der Waals surface area contributed by atoms with Crippen LogP contribution < -0.4 is 10.2 Å². The highest BCUT2D eigenvalue weighted by Gasteiger charge is 2.18. The molecule has 0 unspecified atom stereocenters. The summed E-state index contributed by atoms with van der Waals surface area (Å²) in [5.41, 5.74) is 0.976. The summed E-state index contributed by atoms with van der Waals surface area (Å²) in [7, 11) is 0. The molecule has 1 atom stereocenters. The van der Waals surface area contributed by atoms with Gasteiger partial charge in [-0.25, -0.2) is 0 Å². The normalized spacial score (nSPS) is 18.9. The first-order chi connectivity index (χ1) is 7.27. The van der Waals surface area contributed by atoms with Crippen LogP contribution in [0.3, 0.4) is 0 Å². The molecule has 0 bridgehead atoms. The number of benzene rings is 1. The van der Waals surface area contributed by atoms with Gasteiger partial charge in [-0.05, 0) is 19.1 Å². The minimum Gasteiger partial charge on any atom is -0.489 e. The summed E-state index contributed by atoms with van der Waals surface area (Å²) in [6.07, 6.45) is 1.85. The van der Waals surface area contributed by atoms with Gasteiger partial charge in [-0.3, -0.25) is 4.79 Å². The first-order valence-corrected chi connectivity index (χ1v) is 5.04. The van der Waals surface area contributed by atoms with E-state index < -0.39 is 0 Å². The van der Waals surface area contributed by atoms with Crippen molar-refractivity contribution < 1.29 is 4.74 Å². The quantitative estimate of drug-likeness (QED) is 0.652. The molecule has 1 aliphatic rings. The Bertz CT molecular complexity index is 586. The molecule has 0 radical (unpaired) electrons. The van der Waals surface area contributed by atoms with Gasteiger partial charge >= 0.3 is 0 Å². The SMILES string of the molecule is C[C@H]1COc2cccc3c(=O)ccn1c23. The van der Waals surface area contributed by atoms with E-state index in [-0.39, 0.29) is 11.5 Å². The first kappa shape index (κ1) is 8.53. The highest BCUT2D eigenvalue weighted by atomic mass is 16.5. The summed E-state index contributed by atoms with van der Waals surface area (Å²) in [5.74, 6) is 0.809. The van der Waals surface area contributed by atoms with Gasteiger partial charge in [-0.1, -0.05) is 6.07 Å². The summed E-state index contributed by atoms with van der Waals surface area (Å²) < 4.78 is 7.71. The fourth-order valence-electron chi connectivity index (χ4n) is 2.07. The van der Waals surface area contributed by atoms with Gasteiger partial charge in [0, 0.05) is 17.6 Å². The Morgan fingerprint density at radius 1 is 1.40 bits per heavy atom. The second-order valence-electron chi connectivity index (χ2n) is 3.90. The van der Waals surface area contributed by atoms with Gasteiger partial charge in [-0.15, -0.1) is 0 Å². The Morgan fingerprint density at radius 3 is 3.13 bits per heavy atom. The van der Waals surface area contributed by atoms with Crippen LogP contribution in [0.25, 0.3) is 10.9 Å². The lowest BCUT2D eigenvalue weighted by atomic mass is 10.1. The minimum absolute atomic E-state index is 0.0563. The average molecular weight is 201 g/mol. The lowest BCUT2D eigenvalue weighted by Crippen LogP contribution is -2.22. The summed E-state index contributed by atoms with van der Waals surface area (Å²) in [6, 6.07) is 7.51. The first-order valence-electron chi connectivity index (χ1n) is 5.04. The van der Waals surface area contributed by atoms with Crippen molar-refractivity contribution in [2.24, 2.45) is 0 Å². The van der Waals surface area contributed by atoms with E-state index in [2.05, 4.69) is 11.5 Å². The zero-order valence-corrected chi connectivity index (χ0v) is 8.43. The molecule has 0 fully saturated rings. The molecule has 2 aromatic rings. The van der Waals surface area contributed by atoms with Crippen LogP contribution >= 0.6 is 0 Å². The van der Waals surface area contributed by atoms with E-state index in [0.29, 0.717) is 6.61 Å². The van der Waals surface area contributed by atoms with Crippen LogP contribution in [0.15, 0.2) is 35.3 Å². The molecule has 76 valence electrons. The van der Waals surface area contributed by atoms with Crippen LogP contribution in [0, 0.1) is 0 Å². The van der Waals surface area contributed by atoms with Crippen molar-refractivity contribution in [3.8, 4) is 5.75 Å². The summed E-state index contributed by atoms with van der Waals surface area (Å²) >= 11 is 0. The predicted octanol–water partition coefficient (Wildman–Crippen LogP) is 1.95. The average Bonchev–Trinajstić information content (AvgIpc) is 2.26. The number of hydrogen-bond acceptors (Lipinski definition) is 2. The minimum atomic E-state index is 0.0563. The molecule has 1 aromatic heterocycles. The molecular weight excluding hydrogens is 190 g/mol. The molecule has 3 heteroatoms. The summed E-state index contributed by atoms with van der Waals surface area (Å²) in [5, 5.41) is 0.738. The predicted molar refractivity (Wildman–Crippen MR) is 58.4 cm³/mol. The number of aromatic nitrogens is 1. The molecule has 15 heavy (non-hydrogen) atoms. The Balaban J connectivity index is 2.54. The summed E-state index contributed by atoms with van der Waals surface area (Å²) in [6.45, 7) is 2.74. The van der Waals surface area contributed by atoms with Crippen molar-refractivity contribution in [1.29, 1.82) is 0 Å². The Morgan fingerprint density at radius 2 is 2.27 bits per heavy atom. The number of pyridine rings is 1. The molecule has 0 saturated heterocycles. The Kier molecular flexibility index (Phi) is 1.63. The van der Waals surface area contributed by atoms with Crippen LogP contribution in [-0.4, -0.2) is 11.2 Å². The van der Waals surface area contributed by atoms with Gasteiger partial charge in [0.1, 0.15) is 12.4 Å². The highest BCUT2D eigenvalue weighted by Crippen LogP contribution is 2.30. The fourth-order valence-corrected chi connectivity index (χ4v) is 2.07. The van der Waals surface area contributed by atoms with Crippen molar-refractivity contribution in [3.63, 3.8) is 0 Å². The van der Waals surface area contributed by atoms with E-state index in [1.807, 2.05) is 24.4 Å². The zero-order valence-electron chi connectivity index (χ0n) is 8.43. The van der Waals surface area contributed by atoms with Crippen LogP contribution in [0.2, 0.25) is 0 Å². The van der Waals surface area contributed by atoms with Crippen molar-refractivity contribution >= 4 is 10.9 Å². The summed E-state index contributed by atoms with van der Waals surface area (Å²) in [4.78, 5) is 11.7. The van der Waals surface area contributed by atoms with Crippen molar-refractivity contribution in [2.75, 3.05) is 6.61 Å². The van der Waals surface area contributed by atoms with Gasteiger partial charge in [0.05, 0.1) is 11.6 Å². The maximum absolute atomic E-state index is 11.7. The molecule has 0 N–H and O–H groups in total. The molecule has 0 saturated carbocycles. The van der Waals surface area contributed by atoms with E-state index >= 15 is 0 Å². The molecule has 3 nitrogen and oxygen atoms in total. The molecular formula is C12H11NO2. The molecule has 0 amide bonds. The van der Waals surface area contributed by atoms with Crippen molar-refractivity contribution in [3.05, 3.63) is 40.7 Å². The van der Waals surface area contributed by atoms with Crippen LogP contribution in [0.5, 0.6) is 5.75 Å². The number of para-hydroxylation sites is 1. The second kappa shape index (κ2) is 2.86. The highest BCUT2D eigenvalue weighted by molar-refractivity contribution is 5.85. The van der Waals surface area contributed by atoms with Crippen LogP contribution in [-0.2, 0) is 0 Å². The smallest absolute Gasteiger partial charge is 0.189 e. The van der Waals surface area contributed by atoms with Gasteiger partial charge in [-0.2, -0.15) is 0 Å². The molecule has 0 spiro atoms. The van der Waals surface area contributed by atoms with E-state index in [1.54, 1.807) is 6.07 Å². The lowest BCUT2D eigenvalue weighted by Gasteiger charge is -2.25. The zero-order chi connectivity index (χ0) is 10.4. The topological polar surface area (TPSA) is 31.2 Å². The molecule has 1 aliphatic heterocycles. The Labute approximate surface area is 86.9 Å². The fraction of sp³-hybridized carbons (Fsp3) is 0.250. The maximum atomic E-state index is 11.7. The largest absolute Gasteiger partial charge is 0.489 e. The van der Waals surface area contributed by atoms with Crippen molar-refractivity contribution in [1.82, 2.24) is 4.57 Å².